The number of amides is 3. The molecule has 0 saturated carbocycles. The van der Waals surface area contributed by atoms with E-state index in [1.54, 1.807) is 65.8 Å². The molecule has 2 N–H and O–H groups in total. The zero-order valence-electron chi connectivity index (χ0n) is 25.7. The van der Waals surface area contributed by atoms with Crippen molar-refractivity contribution in [3.8, 4) is 12.3 Å². The molecule has 2 rings (SSSR count). The van der Waals surface area contributed by atoms with Gasteiger partial charge in [-0.1, -0.05) is 55.3 Å². The van der Waals surface area contributed by atoms with Gasteiger partial charge < -0.3 is 25.0 Å². The third-order valence-electron chi connectivity index (χ3n) is 5.81. The van der Waals surface area contributed by atoms with Crippen LogP contribution in [0.3, 0.4) is 0 Å². The molecular formula is C33H43N3O6. The van der Waals surface area contributed by atoms with E-state index in [4.69, 9.17) is 15.9 Å². The number of rotatable bonds is 11. The highest BCUT2D eigenvalue weighted by Gasteiger charge is 2.35. The highest BCUT2D eigenvalue weighted by Crippen LogP contribution is 2.24. The van der Waals surface area contributed by atoms with E-state index >= 15 is 0 Å². The molecule has 3 amide bonds. The number of carbonyl (C=O) groups excluding carboxylic acids is 4. The van der Waals surface area contributed by atoms with Gasteiger partial charge in [-0.15, -0.1) is 6.42 Å². The van der Waals surface area contributed by atoms with Gasteiger partial charge in [0.1, 0.15) is 29.8 Å². The largest absolute Gasteiger partial charge is 0.458 e. The van der Waals surface area contributed by atoms with Crippen molar-refractivity contribution in [1.82, 2.24) is 15.5 Å². The smallest absolute Gasteiger partial charge is 0.408 e. The Labute approximate surface area is 249 Å². The summed E-state index contributed by atoms with van der Waals surface area (Å²) in [6.07, 6.45) is 5.50. The van der Waals surface area contributed by atoms with Crippen molar-refractivity contribution in [2.45, 2.75) is 84.6 Å². The Balaban J connectivity index is 2.44. The van der Waals surface area contributed by atoms with E-state index in [1.807, 2.05) is 37.3 Å². The fourth-order valence-corrected chi connectivity index (χ4v) is 4.10. The molecule has 0 aliphatic heterocycles. The van der Waals surface area contributed by atoms with E-state index < -0.39 is 47.2 Å². The van der Waals surface area contributed by atoms with E-state index in [2.05, 4.69) is 16.6 Å². The van der Waals surface area contributed by atoms with Crippen molar-refractivity contribution < 1.29 is 28.7 Å². The predicted molar refractivity (Wildman–Crippen MR) is 161 cm³/mol. The summed E-state index contributed by atoms with van der Waals surface area (Å²) in [5.41, 5.74) is 0.402. The summed E-state index contributed by atoms with van der Waals surface area (Å²) in [5, 5.41) is 5.32. The third kappa shape index (κ3) is 11.3. The van der Waals surface area contributed by atoms with Crippen LogP contribution in [-0.2, 0) is 30.3 Å². The summed E-state index contributed by atoms with van der Waals surface area (Å²) < 4.78 is 10.9. The van der Waals surface area contributed by atoms with E-state index in [1.165, 1.54) is 4.90 Å². The maximum absolute atomic E-state index is 14.1. The molecule has 0 bridgehead atoms. The Morgan fingerprint density at radius 2 is 1.50 bits per heavy atom. The maximum Gasteiger partial charge on any atom is 0.408 e. The van der Waals surface area contributed by atoms with Crippen molar-refractivity contribution in [2.75, 3.05) is 13.1 Å². The summed E-state index contributed by atoms with van der Waals surface area (Å²) in [6, 6.07) is 13.8. The quantitative estimate of drug-likeness (QED) is 0.299. The first-order valence-electron chi connectivity index (χ1n) is 14.0. The van der Waals surface area contributed by atoms with Crippen LogP contribution in [0.4, 0.5) is 4.79 Å². The number of nitrogens with zero attached hydrogens (tertiary/aromatic N) is 1. The van der Waals surface area contributed by atoms with Crippen molar-refractivity contribution in [2.24, 2.45) is 0 Å². The number of alkyl carbamates (subject to hydrolysis) is 1. The molecular weight excluding hydrogens is 534 g/mol. The van der Waals surface area contributed by atoms with Crippen LogP contribution in [0.2, 0.25) is 0 Å². The van der Waals surface area contributed by atoms with Crippen LogP contribution < -0.4 is 10.6 Å². The normalized spacial score (nSPS) is 12.7. The standard InChI is InChI=1S/C33H43N3O6/c1-9-20-36(27(37)22-34-31(40)42-33(6,7)8)28(25-18-16-23(10-2)17-19-25)29(38)35-26(30(39)41-32(3,4)5)21-24-14-12-11-13-15-24/h2,11-19,26,28H,9,20-22H2,1,3-8H3,(H,34,40)(H,35,38). The average molecular weight is 578 g/mol. The van der Waals surface area contributed by atoms with E-state index in [0.29, 0.717) is 17.5 Å². The van der Waals surface area contributed by atoms with Crippen LogP contribution in [0.25, 0.3) is 0 Å². The zero-order chi connectivity index (χ0) is 31.5. The van der Waals surface area contributed by atoms with Crippen molar-refractivity contribution in [3.63, 3.8) is 0 Å². The van der Waals surface area contributed by atoms with Crippen LogP contribution in [0, 0.1) is 12.3 Å². The predicted octanol–water partition coefficient (Wildman–Crippen LogP) is 4.54. The molecule has 2 aromatic carbocycles. The van der Waals surface area contributed by atoms with Gasteiger partial charge in [0.2, 0.25) is 11.8 Å². The van der Waals surface area contributed by atoms with Crippen molar-refractivity contribution in [3.05, 3.63) is 71.3 Å². The fourth-order valence-electron chi connectivity index (χ4n) is 4.10. The molecule has 2 unspecified atom stereocenters. The summed E-state index contributed by atoms with van der Waals surface area (Å²) in [6.45, 7) is 12.1. The summed E-state index contributed by atoms with van der Waals surface area (Å²) in [5.74, 6) is 0.873. The average Bonchev–Trinajstić information content (AvgIpc) is 2.90. The van der Waals surface area contributed by atoms with Gasteiger partial charge in [0.15, 0.2) is 0 Å². The number of hydrogen-bond acceptors (Lipinski definition) is 6. The van der Waals surface area contributed by atoms with E-state index in [-0.39, 0.29) is 19.5 Å². The molecule has 0 saturated heterocycles. The minimum atomic E-state index is -1.12. The molecule has 42 heavy (non-hydrogen) atoms. The number of nitrogens with one attached hydrogen (secondary N) is 2. The molecule has 226 valence electrons. The second-order valence-electron chi connectivity index (χ2n) is 11.9. The summed E-state index contributed by atoms with van der Waals surface area (Å²) in [4.78, 5) is 54.4. The minimum absolute atomic E-state index is 0.187. The van der Waals surface area contributed by atoms with Crippen LogP contribution in [0.5, 0.6) is 0 Å². The highest BCUT2D eigenvalue weighted by atomic mass is 16.6. The van der Waals surface area contributed by atoms with Gasteiger partial charge in [-0.05, 0) is 71.2 Å². The first-order valence-corrected chi connectivity index (χ1v) is 14.0. The van der Waals surface area contributed by atoms with Gasteiger partial charge in [0.25, 0.3) is 0 Å². The van der Waals surface area contributed by atoms with Crippen LogP contribution >= 0.6 is 0 Å². The Kier molecular flexibility index (Phi) is 12.2. The number of carbonyl (C=O) groups is 4. The van der Waals surface area contributed by atoms with Crippen LogP contribution in [0.15, 0.2) is 54.6 Å². The SMILES string of the molecule is C#Cc1ccc(C(C(=O)NC(Cc2ccccc2)C(=O)OC(C)(C)C)N(CCC)C(=O)CNC(=O)OC(C)(C)C)cc1. The van der Waals surface area contributed by atoms with Gasteiger partial charge in [0.05, 0.1) is 0 Å². The number of terminal acetylenes is 1. The Morgan fingerprint density at radius 1 is 0.905 bits per heavy atom. The highest BCUT2D eigenvalue weighted by molar-refractivity contribution is 5.92. The number of benzene rings is 2. The maximum atomic E-state index is 14.1. The Hall–Kier alpha value is -4.32. The molecule has 0 heterocycles. The molecule has 0 aliphatic carbocycles. The number of esters is 1. The lowest BCUT2D eigenvalue weighted by Crippen LogP contribution is -2.52. The molecule has 2 atom stereocenters. The van der Waals surface area contributed by atoms with Gasteiger partial charge >= 0.3 is 12.1 Å². The first kappa shape index (κ1) is 33.9. The minimum Gasteiger partial charge on any atom is -0.458 e. The molecule has 0 aliphatic rings. The molecule has 0 spiro atoms. The summed E-state index contributed by atoms with van der Waals surface area (Å²) in [7, 11) is 0. The van der Waals surface area contributed by atoms with Gasteiger partial charge in [-0.3, -0.25) is 9.59 Å². The topological polar surface area (TPSA) is 114 Å². The van der Waals surface area contributed by atoms with Crippen molar-refractivity contribution >= 4 is 23.9 Å². The van der Waals surface area contributed by atoms with Crippen molar-refractivity contribution in [1.29, 1.82) is 0 Å². The second-order valence-corrected chi connectivity index (χ2v) is 11.9. The lowest BCUT2D eigenvalue weighted by molar-refractivity contribution is -0.159. The van der Waals surface area contributed by atoms with Crippen LogP contribution in [-0.4, -0.2) is 59.1 Å². The molecule has 0 aromatic heterocycles. The van der Waals surface area contributed by atoms with Crippen LogP contribution in [0.1, 0.15) is 77.6 Å². The van der Waals surface area contributed by atoms with Gasteiger partial charge in [-0.2, -0.15) is 0 Å². The lowest BCUT2D eigenvalue weighted by Gasteiger charge is -2.33. The Morgan fingerprint density at radius 3 is 2.02 bits per heavy atom. The number of hydrogen-bond donors (Lipinski definition) is 2. The Bertz CT molecular complexity index is 1250. The zero-order valence-corrected chi connectivity index (χ0v) is 25.7. The van der Waals surface area contributed by atoms with E-state index in [9.17, 15) is 19.2 Å². The molecule has 0 radical (unpaired) electrons. The molecule has 0 fully saturated rings. The monoisotopic (exact) mass is 577 g/mol. The summed E-state index contributed by atoms with van der Waals surface area (Å²) >= 11 is 0. The molecule has 9 heteroatoms. The van der Waals surface area contributed by atoms with Gasteiger partial charge in [-0.25, -0.2) is 9.59 Å². The second kappa shape index (κ2) is 15.1. The third-order valence-corrected chi connectivity index (χ3v) is 5.81. The van der Waals surface area contributed by atoms with E-state index in [0.717, 1.165) is 5.56 Å². The number of ether oxygens (including phenoxy) is 2. The molecule has 9 nitrogen and oxygen atoms in total. The lowest BCUT2D eigenvalue weighted by atomic mass is 10.00. The first-order chi connectivity index (χ1) is 19.6. The molecule has 2 aromatic rings. The fraction of sp³-hybridized carbons (Fsp3) is 0.455. The van der Waals surface area contributed by atoms with Gasteiger partial charge in [0, 0.05) is 18.5 Å².